The molecule has 34 heavy (non-hydrogen) atoms. The van der Waals surface area contributed by atoms with E-state index in [9.17, 15) is 13.2 Å². The number of sulfonamides is 1. The summed E-state index contributed by atoms with van der Waals surface area (Å²) in [6.45, 7) is 5.44. The molecule has 2 atom stereocenters. The van der Waals surface area contributed by atoms with Crippen LogP contribution in [-0.2, 0) is 16.4 Å². The van der Waals surface area contributed by atoms with Gasteiger partial charge in [-0.1, -0.05) is 19.9 Å². The van der Waals surface area contributed by atoms with Crippen LogP contribution in [0.25, 0.3) is 0 Å². The number of benzene rings is 1. The van der Waals surface area contributed by atoms with Gasteiger partial charge in [0.15, 0.2) is 0 Å². The van der Waals surface area contributed by atoms with E-state index in [0.717, 1.165) is 49.2 Å². The van der Waals surface area contributed by atoms with Crippen LogP contribution >= 0.6 is 0 Å². The summed E-state index contributed by atoms with van der Waals surface area (Å²) in [5.74, 6) is 0.367. The number of rotatable bonds is 7. The van der Waals surface area contributed by atoms with E-state index in [4.69, 9.17) is 9.84 Å². The Morgan fingerprint density at radius 3 is 2.47 bits per heavy atom. The van der Waals surface area contributed by atoms with Gasteiger partial charge in [0.05, 0.1) is 7.05 Å². The summed E-state index contributed by atoms with van der Waals surface area (Å²) in [7, 11) is -1.63. The molecular formula is C25H34N3O5S+. The van der Waals surface area contributed by atoms with E-state index in [0.29, 0.717) is 6.42 Å². The van der Waals surface area contributed by atoms with Crippen LogP contribution in [0.3, 0.4) is 0 Å². The minimum Gasteiger partial charge on any atom is -0.449 e. The van der Waals surface area contributed by atoms with E-state index in [1.165, 1.54) is 0 Å². The molecule has 1 N–H and O–H groups in total. The lowest BCUT2D eigenvalue weighted by Gasteiger charge is -2.48. The molecular weight excluding hydrogens is 454 g/mol. The zero-order chi connectivity index (χ0) is 24.5. The van der Waals surface area contributed by atoms with Crippen LogP contribution in [0.2, 0.25) is 0 Å². The van der Waals surface area contributed by atoms with Crippen LogP contribution in [0, 0.1) is 5.92 Å². The molecule has 9 heteroatoms. The van der Waals surface area contributed by atoms with E-state index in [2.05, 4.69) is 9.88 Å². The highest BCUT2D eigenvalue weighted by molar-refractivity contribution is 7.85. The van der Waals surface area contributed by atoms with Crippen LogP contribution in [-0.4, -0.2) is 60.5 Å². The molecule has 1 aliphatic carbocycles. The first-order chi connectivity index (χ1) is 16.1. The molecule has 1 aliphatic heterocycles. The summed E-state index contributed by atoms with van der Waals surface area (Å²) < 4.78 is 32.9. The highest BCUT2D eigenvalue weighted by Crippen LogP contribution is 2.47. The average Bonchev–Trinajstić information content (AvgIpc) is 3.21. The second-order valence-corrected chi connectivity index (χ2v) is 12.2. The third-order valence-electron chi connectivity index (χ3n) is 7.35. The van der Waals surface area contributed by atoms with Crippen molar-refractivity contribution in [3.63, 3.8) is 0 Å². The monoisotopic (exact) mass is 488 g/mol. The maximum Gasteiger partial charge on any atom is 0.511 e. The largest absolute Gasteiger partial charge is 0.511 e. The Kier molecular flexibility index (Phi) is 6.87. The number of fused-ring (bicyclic) bond motifs is 1. The number of hydrogen-bond acceptors (Lipinski definition) is 6. The van der Waals surface area contributed by atoms with Crippen LogP contribution in [0.1, 0.15) is 50.3 Å². The molecule has 1 fully saturated rings. The zero-order valence-corrected chi connectivity index (χ0v) is 20.9. The fourth-order valence-electron chi connectivity index (χ4n) is 5.70. The summed E-state index contributed by atoms with van der Waals surface area (Å²) in [5.41, 5.74) is 3.07. The topological polar surface area (TPSA) is 96.8 Å². The Labute approximate surface area is 201 Å². The number of ether oxygens (including phenoxy) is 1. The Bertz CT molecular complexity index is 1130. The van der Waals surface area contributed by atoms with Crippen molar-refractivity contribution in [2.24, 2.45) is 5.92 Å². The summed E-state index contributed by atoms with van der Waals surface area (Å²) >= 11 is 0. The van der Waals surface area contributed by atoms with E-state index >= 15 is 0 Å². The Morgan fingerprint density at radius 1 is 1.18 bits per heavy atom. The number of carbonyl (C=O) groups is 1. The maximum atomic E-state index is 14.0. The first-order valence-corrected chi connectivity index (χ1v) is 13.5. The average molecular weight is 489 g/mol. The number of anilines is 1. The lowest BCUT2D eigenvalue weighted by molar-refractivity contribution is -0.846. The number of carboxylic acid groups (broad SMARTS) is 1. The number of aromatic nitrogens is 1. The van der Waals surface area contributed by atoms with Crippen molar-refractivity contribution >= 4 is 21.9 Å². The van der Waals surface area contributed by atoms with E-state index in [1.807, 2.05) is 39.1 Å². The fraction of sp³-hybridized carbons (Fsp3) is 0.520. The van der Waals surface area contributed by atoms with E-state index < -0.39 is 16.2 Å². The summed E-state index contributed by atoms with van der Waals surface area (Å²) in [6, 6.07) is 8.92. The van der Waals surface area contributed by atoms with Crippen LogP contribution < -0.4 is 9.64 Å². The van der Waals surface area contributed by atoms with E-state index in [1.54, 1.807) is 24.5 Å². The SMILES string of the molecule is CC(C)CS(=O)(=O)[N+](C)(C1CCN(c2ccncc2)CC1)[C@@H]1CCc2ccc(OC(=O)O)cc21. The smallest absolute Gasteiger partial charge is 0.449 e. The van der Waals surface area contributed by atoms with Crippen molar-refractivity contribution in [1.29, 1.82) is 0 Å². The van der Waals surface area contributed by atoms with Gasteiger partial charge in [0.1, 0.15) is 23.6 Å². The number of pyridine rings is 1. The quantitative estimate of drug-likeness (QED) is 0.354. The van der Waals surface area contributed by atoms with Crippen molar-refractivity contribution in [3.05, 3.63) is 53.9 Å². The highest BCUT2D eigenvalue weighted by atomic mass is 32.2. The lowest BCUT2D eigenvalue weighted by atomic mass is 9.98. The minimum atomic E-state index is -3.51. The molecule has 0 saturated carbocycles. The van der Waals surface area contributed by atoms with Gasteiger partial charge in [-0.25, -0.2) is 8.68 Å². The molecule has 0 spiro atoms. The van der Waals surface area contributed by atoms with Crippen molar-refractivity contribution in [2.45, 2.75) is 51.6 Å². The lowest BCUT2D eigenvalue weighted by Crippen LogP contribution is -2.61. The molecule has 184 valence electrons. The number of piperidine rings is 1. The van der Waals surface area contributed by atoms with Gasteiger partial charge in [0.25, 0.3) is 10.0 Å². The molecule has 8 nitrogen and oxygen atoms in total. The summed E-state index contributed by atoms with van der Waals surface area (Å²) in [6.07, 6.45) is 5.18. The van der Waals surface area contributed by atoms with Crippen molar-refractivity contribution in [2.75, 3.05) is 30.8 Å². The molecule has 1 unspecified atom stereocenters. The second-order valence-electron chi connectivity index (χ2n) is 9.91. The Hall–Kier alpha value is -2.65. The van der Waals surface area contributed by atoms with Gasteiger partial charge in [-0.05, 0) is 42.2 Å². The summed E-state index contributed by atoms with van der Waals surface area (Å²) in [4.78, 5) is 17.5. The van der Waals surface area contributed by atoms with Gasteiger partial charge in [0, 0.05) is 56.0 Å². The molecule has 2 heterocycles. The Balaban J connectivity index is 1.68. The van der Waals surface area contributed by atoms with Gasteiger partial charge in [-0.2, -0.15) is 8.42 Å². The number of quaternary nitrogens is 1. The first-order valence-electron chi connectivity index (χ1n) is 11.9. The van der Waals surface area contributed by atoms with Gasteiger partial charge >= 0.3 is 6.16 Å². The fourth-order valence-corrected chi connectivity index (χ4v) is 8.14. The Morgan fingerprint density at radius 2 is 1.85 bits per heavy atom. The molecule has 4 rings (SSSR count). The van der Waals surface area contributed by atoms with Crippen molar-refractivity contribution < 1.29 is 26.9 Å². The van der Waals surface area contributed by atoms with Gasteiger partial charge in [0.2, 0.25) is 0 Å². The van der Waals surface area contributed by atoms with Crippen LogP contribution in [0.4, 0.5) is 10.5 Å². The summed E-state index contributed by atoms with van der Waals surface area (Å²) in [5, 5.41) is 9.06. The van der Waals surface area contributed by atoms with E-state index in [-0.39, 0.29) is 33.4 Å². The minimum absolute atomic E-state index is 0.0157. The third-order valence-corrected chi connectivity index (χ3v) is 10.2. The van der Waals surface area contributed by atoms with Crippen molar-refractivity contribution in [3.8, 4) is 5.75 Å². The molecule has 1 saturated heterocycles. The number of aryl methyl sites for hydroxylation is 1. The van der Waals surface area contributed by atoms with Gasteiger partial charge in [-0.3, -0.25) is 4.98 Å². The molecule has 0 bridgehead atoms. The first kappa shape index (κ1) is 24.5. The maximum absolute atomic E-state index is 14.0. The predicted octanol–water partition coefficient (Wildman–Crippen LogP) is 4.23. The second kappa shape index (κ2) is 9.54. The molecule has 1 aromatic heterocycles. The molecule has 2 aliphatic rings. The predicted molar refractivity (Wildman–Crippen MR) is 130 cm³/mol. The van der Waals surface area contributed by atoms with Gasteiger partial charge < -0.3 is 14.7 Å². The molecule has 1 aromatic carbocycles. The third kappa shape index (κ3) is 4.63. The molecule has 0 amide bonds. The highest BCUT2D eigenvalue weighted by Gasteiger charge is 2.53. The number of hydrogen-bond donors (Lipinski definition) is 1. The normalized spacial score (nSPS) is 20.7. The number of nitrogens with zero attached hydrogens (tertiary/aromatic N) is 3. The van der Waals surface area contributed by atoms with Crippen molar-refractivity contribution in [1.82, 2.24) is 4.98 Å². The molecule has 0 radical (unpaired) electrons. The van der Waals surface area contributed by atoms with Crippen LogP contribution in [0.15, 0.2) is 42.7 Å². The van der Waals surface area contributed by atoms with Crippen LogP contribution in [0.5, 0.6) is 5.75 Å². The standard InChI is InChI=1S/C25H33N3O5S/c1-18(2)17-34(31,32)28(3,21-10-14-27(15-11-21)20-8-12-26-13-9-20)24-7-5-19-4-6-22(16-23(19)24)33-25(29)30/h4,6,8-9,12-13,16,18,21,24H,5,7,10-11,14-15,17H2,1-3H3/p+1/t24-,28?/m1/s1. The van der Waals surface area contributed by atoms with Gasteiger partial charge in [-0.15, -0.1) is 0 Å². The zero-order valence-electron chi connectivity index (χ0n) is 20.1. The molecule has 2 aromatic rings.